The summed E-state index contributed by atoms with van der Waals surface area (Å²) in [6, 6.07) is 11.4. The first-order valence-electron chi connectivity index (χ1n) is 7.56. The smallest absolute Gasteiger partial charge is 0.257 e. The fourth-order valence-corrected chi connectivity index (χ4v) is 2.94. The van der Waals surface area contributed by atoms with Crippen molar-refractivity contribution >= 4 is 5.91 Å². The molecule has 2 heterocycles. The Morgan fingerprint density at radius 3 is 2.64 bits per heavy atom. The van der Waals surface area contributed by atoms with Crippen LogP contribution in [-0.2, 0) is 0 Å². The van der Waals surface area contributed by atoms with Gasteiger partial charge in [-0.05, 0) is 19.9 Å². The van der Waals surface area contributed by atoms with E-state index < -0.39 is 5.60 Å². The number of furan rings is 1. The number of nitrogens with zero attached hydrogens (tertiary/aromatic N) is 1. The van der Waals surface area contributed by atoms with Crippen LogP contribution in [0.1, 0.15) is 30.0 Å². The number of carbonyl (C=O) groups is 1. The van der Waals surface area contributed by atoms with E-state index in [9.17, 15) is 9.90 Å². The second-order valence-corrected chi connectivity index (χ2v) is 6.41. The lowest BCUT2D eigenvalue weighted by Gasteiger charge is -2.20. The Balaban J connectivity index is 1.95. The van der Waals surface area contributed by atoms with Gasteiger partial charge in [0.1, 0.15) is 11.5 Å². The number of carbonyl (C=O) groups excluding carboxylic acids is 1. The van der Waals surface area contributed by atoms with Crippen LogP contribution >= 0.6 is 0 Å². The lowest BCUT2D eigenvalue weighted by molar-refractivity contribution is 0.0351. The van der Waals surface area contributed by atoms with Gasteiger partial charge in [0, 0.05) is 24.6 Å². The van der Waals surface area contributed by atoms with Crippen LogP contribution in [0, 0.1) is 12.8 Å². The maximum atomic E-state index is 12.8. The molecule has 1 aliphatic heterocycles. The number of rotatable bonds is 2. The third-order valence-corrected chi connectivity index (χ3v) is 4.48. The fraction of sp³-hybridized carbons (Fsp3) is 0.389. The van der Waals surface area contributed by atoms with E-state index in [1.54, 1.807) is 17.9 Å². The Morgan fingerprint density at radius 2 is 2.05 bits per heavy atom. The molecule has 1 N–H and O–H groups in total. The van der Waals surface area contributed by atoms with Crippen LogP contribution < -0.4 is 0 Å². The number of hydrogen-bond donors (Lipinski definition) is 1. The molecule has 1 saturated heterocycles. The highest BCUT2D eigenvalue weighted by molar-refractivity contribution is 6.00. The predicted molar refractivity (Wildman–Crippen MR) is 84.6 cm³/mol. The van der Waals surface area contributed by atoms with Crippen LogP contribution in [0.15, 0.2) is 40.8 Å². The Kier molecular flexibility index (Phi) is 3.57. The quantitative estimate of drug-likeness (QED) is 0.927. The molecule has 0 radical (unpaired) electrons. The number of β-amino-alcohol motifs (C(OH)–C–C–N with tert-alkyl or cyclic N) is 1. The summed E-state index contributed by atoms with van der Waals surface area (Å²) in [5.41, 5.74) is 0.619. The summed E-state index contributed by atoms with van der Waals surface area (Å²) in [6.07, 6.45) is 0. The van der Waals surface area contributed by atoms with Crippen molar-refractivity contribution in [3.05, 3.63) is 47.7 Å². The summed E-state index contributed by atoms with van der Waals surface area (Å²) in [6.45, 7) is 6.50. The van der Waals surface area contributed by atoms with Gasteiger partial charge < -0.3 is 14.4 Å². The Bertz CT molecular complexity index is 688. The van der Waals surface area contributed by atoms with E-state index in [1.807, 2.05) is 44.2 Å². The first-order chi connectivity index (χ1) is 10.4. The number of aliphatic hydroxyl groups is 1. The third kappa shape index (κ3) is 2.55. The summed E-state index contributed by atoms with van der Waals surface area (Å²) in [5.74, 6) is 1.29. The summed E-state index contributed by atoms with van der Waals surface area (Å²) in [7, 11) is 0. The molecule has 4 nitrogen and oxygen atoms in total. The molecule has 1 aromatic heterocycles. The van der Waals surface area contributed by atoms with Gasteiger partial charge in [0.2, 0.25) is 0 Å². The van der Waals surface area contributed by atoms with Gasteiger partial charge in [-0.25, -0.2) is 0 Å². The summed E-state index contributed by atoms with van der Waals surface area (Å²) < 4.78 is 5.75. The minimum Gasteiger partial charge on any atom is -0.461 e. The molecule has 4 heteroatoms. The van der Waals surface area contributed by atoms with Crippen LogP contribution in [-0.4, -0.2) is 34.6 Å². The van der Waals surface area contributed by atoms with E-state index in [2.05, 4.69) is 0 Å². The van der Waals surface area contributed by atoms with Crippen LogP contribution in [0.25, 0.3) is 11.3 Å². The molecule has 116 valence electrons. The largest absolute Gasteiger partial charge is 0.461 e. The maximum absolute atomic E-state index is 12.8. The molecule has 0 aliphatic carbocycles. The number of hydrogen-bond acceptors (Lipinski definition) is 3. The van der Waals surface area contributed by atoms with Crippen molar-refractivity contribution in [2.45, 2.75) is 26.4 Å². The van der Waals surface area contributed by atoms with E-state index >= 15 is 0 Å². The fourth-order valence-electron chi connectivity index (χ4n) is 2.94. The number of aryl methyl sites for hydroxylation is 1. The van der Waals surface area contributed by atoms with Crippen LogP contribution in [0.2, 0.25) is 0 Å². The van der Waals surface area contributed by atoms with Gasteiger partial charge in [-0.1, -0.05) is 37.3 Å². The molecule has 3 rings (SSSR count). The maximum Gasteiger partial charge on any atom is 0.257 e. The molecule has 2 atom stereocenters. The predicted octanol–water partition coefficient (Wildman–Crippen LogP) is 3.10. The zero-order chi connectivity index (χ0) is 15.9. The van der Waals surface area contributed by atoms with Gasteiger partial charge in [0.15, 0.2) is 0 Å². The van der Waals surface area contributed by atoms with Crippen molar-refractivity contribution in [1.82, 2.24) is 4.90 Å². The highest BCUT2D eigenvalue weighted by Crippen LogP contribution is 2.32. The third-order valence-electron chi connectivity index (χ3n) is 4.48. The monoisotopic (exact) mass is 299 g/mol. The highest BCUT2D eigenvalue weighted by Gasteiger charge is 2.41. The van der Waals surface area contributed by atoms with Gasteiger partial charge in [0.25, 0.3) is 5.91 Å². The Morgan fingerprint density at radius 1 is 1.36 bits per heavy atom. The zero-order valence-corrected chi connectivity index (χ0v) is 13.2. The van der Waals surface area contributed by atoms with Crippen LogP contribution in [0.5, 0.6) is 0 Å². The van der Waals surface area contributed by atoms with E-state index in [-0.39, 0.29) is 11.8 Å². The summed E-state index contributed by atoms with van der Waals surface area (Å²) in [4.78, 5) is 14.6. The van der Waals surface area contributed by atoms with E-state index in [4.69, 9.17) is 4.42 Å². The minimum absolute atomic E-state index is 0.0598. The van der Waals surface area contributed by atoms with Crippen molar-refractivity contribution in [3.63, 3.8) is 0 Å². The molecule has 0 unspecified atom stereocenters. The second-order valence-electron chi connectivity index (χ2n) is 6.41. The van der Waals surface area contributed by atoms with Gasteiger partial charge in [-0.3, -0.25) is 4.79 Å². The molecule has 0 saturated carbocycles. The SMILES string of the molecule is Cc1cc(C(=O)N2C[C@@H](C)[C@@](C)(O)C2)c(-c2ccccc2)o1. The van der Waals surface area contributed by atoms with Crippen molar-refractivity contribution in [2.24, 2.45) is 5.92 Å². The van der Waals surface area contributed by atoms with Crippen molar-refractivity contribution < 1.29 is 14.3 Å². The standard InChI is InChI=1S/C18H21NO3/c1-12-10-19(11-18(12,3)21)17(20)15-9-13(2)22-16(15)14-7-5-4-6-8-14/h4-9,12,21H,10-11H2,1-3H3/t12-,18+/m1/s1. The molecule has 22 heavy (non-hydrogen) atoms. The molecule has 1 aromatic carbocycles. The molecule has 1 aliphatic rings. The molecular weight excluding hydrogens is 278 g/mol. The lowest BCUT2D eigenvalue weighted by atomic mass is 9.95. The average molecular weight is 299 g/mol. The van der Waals surface area contributed by atoms with Gasteiger partial charge >= 0.3 is 0 Å². The normalized spacial score (nSPS) is 24.7. The molecule has 1 fully saturated rings. The van der Waals surface area contributed by atoms with Crippen molar-refractivity contribution in [1.29, 1.82) is 0 Å². The highest BCUT2D eigenvalue weighted by atomic mass is 16.3. The summed E-state index contributed by atoms with van der Waals surface area (Å²) in [5, 5.41) is 10.3. The first-order valence-corrected chi connectivity index (χ1v) is 7.56. The van der Waals surface area contributed by atoms with Crippen molar-refractivity contribution in [3.8, 4) is 11.3 Å². The number of likely N-dealkylation sites (tertiary alicyclic amines) is 1. The lowest BCUT2D eigenvalue weighted by Crippen LogP contribution is -2.35. The molecular formula is C18H21NO3. The van der Waals surface area contributed by atoms with Crippen molar-refractivity contribution in [2.75, 3.05) is 13.1 Å². The average Bonchev–Trinajstić information content (AvgIpc) is 3.00. The minimum atomic E-state index is -0.832. The summed E-state index contributed by atoms with van der Waals surface area (Å²) >= 11 is 0. The molecule has 2 aromatic rings. The van der Waals surface area contributed by atoms with Crippen LogP contribution in [0.4, 0.5) is 0 Å². The Labute approximate surface area is 130 Å². The number of benzene rings is 1. The topological polar surface area (TPSA) is 53.7 Å². The molecule has 0 spiro atoms. The molecule has 0 bridgehead atoms. The van der Waals surface area contributed by atoms with Gasteiger partial charge in [0.05, 0.1) is 11.2 Å². The van der Waals surface area contributed by atoms with E-state index in [1.165, 1.54) is 0 Å². The first kappa shape index (κ1) is 14.9. The molecule has 1 amide bonds. The Hall–Kier alpha value is -2.07. The second kappa shape index (κ2) is 5.29. The van der Waals surface area contributed by atoms with E-state index in [0.717, 1.165) is 5.56 Å². The zero-order valence-electron chi connectivity index (χ0n) is 13.2. The van der Waals surface area contributed by atoms with Crippen LogP contribution in [0.3, 0.4) is 0 Å². The van der Waals surface area contributed by atoms with E-state index in [0.29, 0.717) is 30.2 Å². The van der Waals surface area contributed by atoms with Gasteiger partial charge in [-0.15, -0.1) is 0 Å². The van der Waals surface area contributed by atoms with Gasteiger partial charge in [-0.2, -0.15) is 0 Å². The number of amides is 1.